The number of carbonyl (C=O) groups is 2. The number of ether oxygens (including phenoxy) is 1. The summed E-state index contributed by atoms with van der Waals surface area (Å²) in [7, 11) is 0. The van der Waals surface area contributed by atoms with Crippen LogP contribution in [0.2, 0.25) is 0 Å². The number of thioether (sulfide) groups is 1. The number of hydrogen-bond donors (Lipinski definition) is 2. The summed E-state index contributed by atoms with van der Waals surface area (Å²) in [5.41, 5.74) is 6.41. The summed E-state index contributed by atoms with van der Waals surface area (Å²) in [5, 5.41) is 2.79. The number of carbonyl (C=O) groups excluding carboxylic acids is 2. The van der Waals surface area contributed by atoms with Crippen LogP contribution in [0.5, 0.6) is 0 Å². The lowest BCUT2D eigenvalue weighted by Gasteiger charge is -2.19. The van der Waals surface area contributed by atoms with E-state index in [2.05, 4.69) is 11.9 Å². The van der Waals surface area contributed by atoms with Gasteiger partial charge in [-0.1, -0.05) is 32.2 Å². The Hall–Kier alpha value is -1.01. The van der Waals surface area contributed by atoms with Gasteiger partial charge >= 0.3 is 5.97 Å². The molecule has 0 aromatic carbocycles. The van der Waals surface area contributed by atoms with Gasteiger partial charge in [0.05, 0.1) is 12.6 Å². The van der Waals surface area contributed by atoms with Gasteiger partial charge in [-0.2, -0.15) is 0 Å². The number of nitrogens with one attached hydrogen (secondary N) is 1. The minimum Gasteiger partial charge on any atom is -0.464 e. The molecule has 2 atom stereocenters. The van der Waals surface area contributed by atoms with Gasteiger partial charge in [0.15, 0.2) is 0 Å². The maximum Gasteiger partial charge on any atom is 0.329 e. The molecule has 0 fully saturated rings. The van der Waals surface area contributed by atoms with E-state index in [0.29, 0.717) is 12.3 Å². The summed E-state index contributed by atoms with van der Waals surface area (Å²) >= 11 is 1.05. The quantitative estimate of drug-likeness (QED) is 0.655. The molecule has 0 heterocycles. The molecule has 0 aliphatic heterocycles. The maximum atomic E-state index is 11.8. The Bertz CT molecular complexity index is 332. The summed E-state index contributed by atoms with van der Waals surface area (Å²) in [5.74, 6) is -0.0237. The molecule has 2 unspecified atom stereocenters. The van der Waals surface area contributed by atoms with Crippen LogP contribution >= 0.6 is 11.8 Å². The van der Waals surface area contributed by atoms with Gasteiger partial charge in [0.1, 0.15) is 6.04 Å². The zero-order valence-corrected chi connectivity index (χ0v) is 12.9. The fraction of sp³-hybridized carbons (Fsp3) is 0.692. The molecule has 6 heteroatoms. The van der Waals surface area contributed by atoms with Gasteiger partial charge < -0.3 is 15.8 Å². The first-order valence-electron chi connectivity index (χ1n) is 6.30. The molecule has 0 aromatic heterocycles. The highest BCUT2D eigenvalue weighted by Crippen LogP contribution is 2.13. The second-order valence-electron chi connectivity index (χ2n) is 4.63. The highest BCUT2D eigenvalue weighted by atomic mass is 32.2. The fourth-order valence-corrected chi connectivity index (χ4v) is 2.26. The van der Waals surface area contributed by atoms with Crippen molar-refractivity contribution in [3.63, 3.8) is 0 Å². The van der Waals surface area contributed by atoms with Crippen molar-refractivity contribution in [2.75, 3.05) is 12.4 Å². The minimum absolute atomic E-state index is 0.0788. The molecule has 110 valence electrons. The molecule has 5 nitrogen and oxygen atoms in total. The molecular weight excluding hydrogens is 264 g/mol. The van der Waals surface area contributed by atoms with Crippen molar-refractivity contribution in [3.05, 3.63) is 12.3 Å². The van der Waals surface area contributed by atoms with Crippen LogP contribution in [0.4, 0.5) is 0 Å². The summed E-state index contributed by atoms with van der Waals surface area (Å²) in [4.78, 5) is 23.5. The molecule has 0 radical (unpaired) electrons. The van der Waals surface area contributed by atoms with Crippen molar-refractivity contribution in [2.24, 2.45) is 11.7 Å². The molecule has 19 heavy (non-hydrogen) atoms. The van der Waals surface area contributed by atoms with Gasteiger partial charge in [0, 0.05) is 11.4 Å². The van der Waals surface area contributed by atoms with Crippen molar-refractivity contribution < 1.29 is 14.3 Å². The number of nitrogens with two attached hydrogens (primary N) is 1. The van der Waals surface area contributed by atoms with E-state index in [1.165, 1.54) is 0 Å². The summed E-state index contributed by atoms with van der Waals surface area (Å²) in [6.45, 7) is 11.3. The Balaban J connectivity index is 4.45. The third-order valence-corrected chi connectivity index (χ3v) is 3.43. The topological polar surface area (TPSA) is 81.4 Å². The maximum absolute atomic E-state index is 11.8. The van der Waals surface area contributed by atoms with Crippen LogP contribution < -0.4 is 11.1 Å². The highest BCUT2D eigenvalue weighted by molar-refractivity contribution is 8.13. The molecule has 3 N–H and O–H groups in total. The lowest BCUT2D eigenvalue weighted by molar-refractivity contribution is -0.144. The molecule has 0 aliphatic rings. The minimum atomic E-state index is -0.578. The lowest BCUT2D eigenvalue weighted by atomic mass is 10.1. The average Bonchev–Trinajstić information content (AvgIpc) is 2.32. The normalized spacial score (nSPS) is 13.8. The molecule has 0 aliphatic carbocycles. The van der Waals surface area contributed by atoms with Crippen molar-refractivity contribution in [1.82, 2.24) is 5.32 Å². The standard InChI is InChI=1S/C13H24N2O3S/c1-6-18-12(16)10(15-9(4)5)7-19-13(17)11(14)8(2)3/h8,10-11,15H,4,6-7,14H2,1-3,5H3. The van der Waals surface area contributed by atoms with Gasteiger partial charge in [-0.15, -0.1) is 0 Å². The fourth-order valence-electron chi connectivity index (χ4n) is 1.24. The third-order valence-electron chi connectivity index (χ3n) is 2.37. The molecular formula is C13H24N2O3S. The molecule has 0 spiro atoms. The van der Waals surface area contributed by atoms with Crippen LogP contribution in [-0.2, 0) is 14.3 Å². The van der Waals surface area contributed by atoms with Gasteiger partial charge in [-0.25, -0.2) is 4.79 Å². The van der Waals surface area contributed by atoms with E-state index in [1.807, 2.05) is 13.8 Å². The first kappa shape index (κ1) is 18.0. The van der Waals surface area contributed by atoms with E-state index in [0.717, 1.165) is 11.8 Å². The second-order valence-corrected chi connectivity index (χ2v) is 5.65. The van der Waals surface area contributed by atoms with Crippen LogP contribution in [0.15, 0.2) is 12.3 Å². The molecule has 0 saturated heterocycles. The Labute approximate surface area is 119 Å². The Kier molecular flexibility index (Phi) is 8.51. The summed E-state index contributed by atoms with van der Waals surface area (Å²) in [6, 6.07) is -1.09. The van der Waals surface area contributed by atoms with E-state index < -0.39 is 12.1 Å². The van der Waals surface area contributed by atoms with E-state index >= 15 is 0 Å². The largest absolute Gasteiger partial charge is 0.464 e. The second kappa shape index (κ2) is 8.98. The van der Waals surface area contributed by atoms with Crippen molar-refractivity contribution in [3.8, 4) is 0 Å². The number of hydrogen-bond acceptors (Lipinski definition) is 6. The van der Waals surface area contributed by atoms with E-state index in [4.69, 9.17) is 10.5 Å². The number of esters is 1. The van der Waals surface area contributed by atoms with Crippen molar-refractivity contribution in [2.45, 2.75) is 39.8 Å². The molecule has 0 amide bonds. The number of allylic oxidation sites excluding steroid dienone is 1. The van der Waals surface area contributed by atoms with Crippen LogP contribution in [-0.4, -0.2) is 35.5 Å². The molecule has 0 rings (SSSR count). The first-order chi connectivity index (χ1) is 8.79. The van der Waals surface area contributed by atoms with Gasteiger partial charge in [0.2, 0.25) is 5.12 Å². The molecule has 0 saturated carbocycles. The van der Waals surface area contributed by atoms with E-state index in [9.17, 15) is 9.59 Å². The number of rotatable bonds is 8. The monoisotopic (exact) mass is 288 g/mol. The van der Waals surface area contributed by atoms with E-state index in [1.54, 1.807) is 13.8 Å². The molecule has 0 aromatic rings. The van der Waals surface area contributed by atoms with Gasteiger partial charge in [-0.05, 0) is 19.8 Å². The van der Waals surface area contributed by atoms with Crippen LogP contribution in [0, 0.1) is 5.92 Å². The van der Waals surface area contributed by atoms with Crippen molar-refractivity contribution in [1.29, 1.82) is 0 Å². The Morgan fingerprint density at radius 3 is 2.42 bits per heavy atom. The molecule has 0 bridgehead atoms. The predicted molar refractivity (Wildman–Crippen MR) is 78.6 cm³/mol. The lowest BCUT2D eigenvalue weighted by Crippen LogP contribution is -2.40. The van der Waals surface area contributed by atoms with Gasteiger partial charge in [0.25, 0.3) is 0 Å². The van der Waals surface area contributed by atoms with Crippen molar-refractivity contribution >= 4 is 22.8 Å². The van der Waals surface area contributed by atoms with Gasteiger partial charge in [-0.3, -0.25) is 4.79 Å². The smallest absolute Gasteiger partial charge is 0.329 e. The zero-order chi connectivity index (χ0) is 15.0. The predicted octanol–water partition coefficient (Wildman–Crippen LogP) is 1.28. The average molecular weight is 288 g/mol. The Morgan fingerprint density at radius 1 is 1.42 bits per heavy atom. The third kappa shape index (κ3) is 7.22. The zero-order valence-electron chi connectivity index (χ0n) is 12.1. The summed E-state index contributed by atoms with van der Waals surface area (Å²) in [6.07, 6.45) is 0. The summed E-state index contributed by atoms with van der Waals surface area (Å²) < 4.78 is 4.95. The van der Waals surface area contributed by atoms with E-state index in [-0.39, 0.29) is 22.8 Å². The van der Waals surface area contributed by atoms with Crippen LogP contribution in [0.1, 0.15) is 27.7 Å². The van der Waals surface area contributed by atoms with Crippen LogP contribution in [0.25, 0.3) is 0 Å². The Morgan fingerprint density at radius 2 is 2.00 bits per heavy atom. The highest BCUT2D eigenvalue weighted by Gasteiger charge is 2.24. The SMILES string of the molecule is C=C(C)NC(CSC(=O)C(N)C(C)C)C(=O)OCC. The first-order valence-corrected chi connectivity index (χ1v) is 7.29. The van der Waals surface area contributed by atoms with Crippen LogP contribution in [0.3, 0.4) is 0 Å².